The molecular weight excluding hydrogens is 384 g/mol. The standard InChI is InChI=1S/C22H24N4O2S/c1-16(29-22-25-24-20(28-22)19-8-5-11-23-15-19)21(27)26-12-9-18(10-13-26)14-17-6-3-2-4-7-17/h2-8,11,15-16,18H,9-10,12-14H2,1H3. The highest BCUT2D eigenvalue weighted by Gasteiger charge is 2.27. The van der Waals surface area contributed by atoms with Gasteiger partial charge in [-0.1, -0.05) is 42.1 Å². The van der Waals surface area contributed by atoms with Gasteiger partial charge in [-0.25, -0.2) is 0 Å². The van der Waals surface area contributed by atoms with Crippen LogP contribution < -0.4 is 0 Å². The maximum Gasteiger partial charge on any atom is 0.277 e. The molecule has 0 spiro atoms. The molecular formula is C22H24N4O2S. The van der Waals surface area contributed by atoms with Crippen molar-refractivity contribution in [2.45, 2.75) is 36.7 Å². The number of nitrogens with zero attached hydrogens (tertiary/aromatic N) is 4. The predicted octanol–water partition coefficient (Wildman–Crippen LogP) is 4.09. The first-order valence-corrected chi connectivity index (χ1v) is 10.8. The lowest BCUT2D eigenvalue weighted by Gasteiger charge is -2.33. The Morgan fingerprint density at radius 3 is 2.69 bits per heavy atom. The quantitative estimate of drug-likeness (QED) is 0.572. The number of hydrogen-bond acceptors (Lipinski definition) is 6. The molecule has 7 heteroatoms. The molecule has 4 rings (SSSR count). The molecule has 0 radical (unpaired) electrons. The maximum absolute atomic E-state index is 12.8. The van der Waals surface area contributed by atoms with Crippen LogP contribution in [0.3, 0.4) is 0 Å². The second-order valence-electron chi connectivity index (χ2n) is 7.33. The number of amides is 1. The molecule has 0 aliphatic carbocycles. The van der Waals surface area contributed by atoms with Crippen molar-refractivity contribution in [1.82, 2.24) is 20.1 Å². The smallest absolute Gasteiger partial charge is 0.277 e. The summed E-state index contributed by atoms with van der Waals surface area (Å²) < 4.78 is 5.69. The minimum atomic E-state index is -0.261. The zero-order valence-electron chi connectivity index (χ0n) is 16.4. The molecule has 6 nitrogen and oxygen atoms in total. The summed E-state index contributed by atoms with van der Waals surface area (Å²) >= 11 is 1.31. The number of benzene rings is 1. The van der Waals surface area contributed by atoms with E-state index in [1.54, 1.807) is 12.4 Å². The topological polar surface area (TPSA) is 72.1 Å². The summed E-state index contributed by atoms with van der Waals surface area (Å²) in [6.45, 7) is 3.52. The average molecular weight is 409 g/mol. The number of hydrogen-bond donors (Lipinski definition) is 0. The molecule has 1 atom stereocenters. The van der Waals surface area contributed by atoms with Crippen LogP contribution in [-0.4, -0.2) is 44.3 Å². The van der Waals surface area contributed by atoms with Crippen LogP contribution in [0.1, 0.15) is 25.3 Å². The van der Waals surface area contributed by atoms with Gasteiger partial charge in [0.25, 0.3) is 5.22 Å². The Kier molecular flexibility index (Phi) is 6.24. The van der Waals surface area contributed by atoms with E-state index in [0.717, 1.165) is 37.9 Å². The van der Waals surface area contributed by atoms with Crippen LogP contribution in [-0.2, 0) is 11.2 Å². The summed E-state index contributed by atoms with van der Waals surface area (Å²) in [5, 5.41) is 8.27. The third kappa shape index (κ3) is 5.03. The number of piperidine rings is 1. The Balaban J connectivity index is 1.28. The lowest BCUT2D eigenvalue weighted by Crippen LogP contribution is -2.42. The Hall–Kier alpha value is -2.67. The summed E-state index contributed by atoms with van der Waals surface area (Å²) in [4.78, 5) is 18.9. The van der Waals surface area contributed by atoms with Gasteiger partial charge in [-0.3, -0.25) is 9.78 Å². The van der Waals surface area contributed by atoms with Gasteiger partial charge in [0.2, 0.25) is 11.8 Å². The molecule has 0 saturated carbocycles. The molecule has 3 heterocycles. The summed E-state index contributed by atoms with van der Waals surface area (Å²) in [5.74, 6) is 1.19. The van der Waals surface area contributed by atoms with Crippen molar-refractivity contribution in [3.8, 4) is 11.5 Å². The van der Waals surface area contributed by atoms with E-state index in [-0.39, 0.29) is 11.2 Å². The fraction of sp³-hybridized carbons (Fsp3) is 0.364. The fourth-order valence-corrected chi connectivity index (χ4v) is 4.39. The van der Waals surface area contributed by atoms with E-state index in [9.17, 15) is 4.79 Å². The van der Waals surface area contributed by atoms with Gasteiger partial charge < -0.3 is 9.32 Å². The third-order valence-corrected chi connectivity index (χ3v) is 6.16. The predicted molar refractivity (Wildman–Crippen MR) is 112 cm³/mol. The highest BCUT2D eigenvalue weighted by Crippen LogP contribution is 2.28. The maximum atomic E-state index is 12.8. The van der Waals surface area contributed by atoms with Crippen LogP contribution in [0.4, 0.5) is 0 Å². The average Bonchev–Trinajstić information content (AvgIpc) is 3.23. The zero-order valence-corrected chi connectivity index (χ0v) is 17.2. The number of carbonyl (C=O) groups excluding carboxylic acids is 1. The highest BCUT2D eigenvalue weighted by molar-refractivity contribution is 8.00. The van der Waals surface area contributed by atoms with Crippen molar-refractivity contribution < 1.29 is 9.21 Å². The van der Waals surface area contributed by atoms with Gasteiger partial charge in [-0.05, 0) is 49.8 Å². The van der Waals surface area contributed by atoms with Gasteiger partial charge in [0.05, 0.1) is 10.8 Å². The number of aromatic nitrogens is 3. The Labute approximate surface area is 174 Å². The van der Waals surface area contributed by atoms with E-state index in [0.29, 0.717) is 17.0 Å². The molecule has 0 N–H and O–H groups in total. The molecule has 3 aromatic rings. The van der Waals surface area contributed by atoms with Crippen molar-refractivity contribution in [3.05, 3.63) is 60.4 Å². The molecule has 29 heavy (non-hydrogen) atoms. The lowest BCUT2D eigenvalue weighted by molar-refractivity contribution is -0.131. The van der Waals surface area contributed by atoms with E-state index in [1.807, 2.05) is 30.0 Å². The largest absolute Gasteiger partial charge is 0.411 e. The van der Waals surface area contributed by atoms with Gasteiger partial charge in [-0.15, -0.1) is 10.2 Å². The fourth-order valence-electron chi connectivity index (χ4n) is 3.63. The van der Waals surface area contributed by atoms with Crippen LogP contribution in [0.2, 0.25) is 0 Å². The SMILES string of the molecule is CC(Sc1nnc(-c2cccnc2)o1)C(=O)N1CCC(Cc2ccccc2)CC1. The molecule has 1 amide bonds. The van der Waals surface area contributed by atoms with E-state index in [2.05, 4.69) is 39.4 Å². The number of likely N-dealkylation sites (tertiary alicyclic amines) is 1. The van der Waals surface area contributed by atoms with Crippen molar-refractivity contribution in [2.75, 3.05) is 13.1 Å². The molecule has 2 aromatic heterocycles. The number of carbonyl (C=O) groups is 1. The third-order valence-electron chi connectivity index (χ3n) is 5.23. The van der Waals surface area contributed by atoms with Crippen LogP contribution in [0.15, 0.2) is 64.5 Å². The number of pyridine rings is 1. The first kappa shape index (κ1) is 19.6. The van der Waals surface area contributed by atoms with Gasteiger partial charge in [0, 0.05) is 25.5 Å². The van der Waals surface area contributed by atoms with Gasteiger partial charge in [0.15, 0.2) is 0 Å². The van der Waals surface area contributed by atoms with E-state index in [4.69, 9.17) is 4.42 Å². The molecule has 1 aliphatic heterocycles. The summed E-state index contributed by atoms with van der Waals surface area (Å²) in [6, 6.07) is 14.3. The van der Waals surface area contributed by atoms with Crippen molar-refractivity contribution in [3.63, 3.8) is 0 Å². The number of rotatable bonds is 6. The normalized spacial score (nSPS) is 16.0. The number of thioether (sulfide) groups is 1. The minimum absolute atomic E-state index is 0.134. The van der Waals surface area contributed by atoms with Crippen molar-refractivity contribution in [1.29, 1.82) is 0 Å². The first-order valence-electron chi connectivity index (χ1n) is 9.92. The first-order chi connectivity index (χ1) is 14.2. The van der Waals surface area contributed by atoms with Crippen LogP contribution in [0.25, 0.3) is 11.5 Å². The molecule has 1 unspecified atom stereocenters. The molecule has 0 bridgehead atoms. The second kappa shape index (κ2) is 9.22. The molecule has 1 fully saturated rings. The van der Waals surface area contributed by atoms with E-state index < -0.39 is 0 Å². The monoisotopic (exact) mass is 408 g/mol. The van der Waals surface area contributed by atoms with Crippen LogP contribution >= 0.6 is 11.8 Å². The van der Waals surface area contributed by atoms with Gasteiger partial charge >= 0.3 is 0 Å². The second-order valence-corrected chi connectivity index (χ2v) is 8.63. The zero-order chi connectivity index (χ0) is 20.1. The van der Waals surface area contributed by atoms with Gasteiger partial charge in [-0.2, -0.15) is 0 Å². The molecule has 150 valence electrons. The molecule has 1 aromatic carbocycles. The highest BCUT2D eigenvalue weighted by atomic mass is 32.2. The van der Waals surface area contributed by atoms with E-state index in [1.165, 1.54) is 17.3 Å². The molecule has 1 aliphatic rings. The Bertz CT molecular complexity index is 924. The minimum Gasteiger partial charge on any atom is -0.411 e. The van der Waals surface area contributed by atoms with Crippen LogP contribution in [0.5, 0.6) is 0 Å². The Morgan fingerprint density at radius 1 is 1.17 bits per heavy atom. The lowest BCUT2D eigenvalue weighted by atomic mass is 9.90. The summed E-state index contributed by atoms with van der Waals surface area (Å²) in [5.41, 5.74) is 2.15. The Morgan fingerprint density at radius 2 is 1.97 bits per heavy atom. The molecule has 1 saturated heterocycles. The van der Waals surface area contributed by atoms with E-state index >= 15 is 0 Å². The van der Waals surface area contributed by atoms with Crippen molar-refractivity contribution in [2.24, 2.45) is 5.92 Å². The summed E-state index contributed by atoms with van der Waals surface area (Å²) in [7, 11) is 0. The van der Waals surface area contributed by atoms with Crippen LogP contribution in [0, 0.1) is 5.92 Å². The van der Waals surface area contributed by atoms with Gasteiger partial charge in [0.1, 0.15) is 0 Å². The summed E-state index contributed by atoms with van der Waals surface area (Å²) in [6.07, 6.45) is 6.55. The van der Waals surface area contributed by atoms with Crippen molar-refractivity contribution >= 4 is 17.7 Å².